The molecular formula is C14H15ClN2OS2. The van der Waals surface area contributed by atoms with E-state index in [2.05, 4.69) is 22.0 Å². The molecule has 6 heteroatoms. The second-order valence-electron chi connectivity index (χ2n) is 4.79. The Labute approximate surface area is 131 Å². The molecule has 1 N–H and O–H groups in total. The van der Waals surface area contributed by atoms with Crippen LogP contribution in [-0.4, -0.2) is 34.2 Å². The minimum Gasteiger partial charge on any atom is -0.392 e. The van der Waals surface area contributed by atoms with Crippen LogP contribution in [0.5, 0.6) is 0 Å². The lowest BCUT2D eigenvalue weighted by atomic mass is 10.3. The van der Waals surface area contributed by atoms with E-state index >= 15 is 0 Å². The zero-order chi connectivity index (χ0) is 13.9. The lowest BCUT2D eigenvalue weighted by Gasteiger charge is -2.12. The summed E-state index contributed by atoms with van der Waals surface area (Å²) in [5, 5.41) is 10.1. The molecule has 1 aliphatic heterocycles. The minimum atomic E-state index is -0.195. The maximum atomic E-state index is 9.56. The highest BCUT2D eigenvalue weighted by Gasteiger charge is 2.22. The summed E-state index contributed by atoms with van der Waals surface area (Å²) >= 11 is 9.50. The normalized spacial score (nSPS) is 19.6. The van der Waals surface area contributed by atoms with Crippen LogP contribution in [-0.2, 0) is 6.54 Å². The number of aromatic nitrogens is 1. The Hall–Kier alpha value is -0.590. The van der Waals surface area contributed by atoms with Crippen LogP contribution in [0.3, 0.4) is 0 Å². The molecule has 0 amide bonds. The fourth-order valence-corrected chi connectivity index (χ4v) is 4.68. The average molecular weight is 327 g/mol. The standard InChI is InChI=1S/C14H15ClN2OS2/c15-13-12(9-17-7-6-10(18)8-17)20-14(16-13)19-11-4-2-1-3-5-11/h1-5,10,18H,6-9H2/t10-/m1/s1. The van der Waals surface area contributed by atoms with Gasteiger partial charge in [-0.3, -0.25) is 4.90 Å². The molecule has 20 heavy (non-hydrogen) atoms. The molecule has 2 heterocycles. The van der Waals surface area contributed by atoms with Crippen LogP contribution in [0.25, 0.3) is 0 Å². The Bertz CT molecular complexity index is 576. The van der Waals surface area contributed by atoms with Crippen molar-refractivity contribution in [1.82, 2.24) is 9.88 Å². The Morgan fingerprint density at radius 3 is 2.90 bits per heavy atom. The van der Waals surface area contributed by atoms with Crippen molar-refractivity contribution in [2.75, 3.05) is 13.1 Å². The average Bonchev–Trinajstić information content (AvgIpc) is 2.98. The second-order valence-corrected chi connectivity index (χ2v) is 7.55. The first-order chi connectivity index (χ1) is 9.70. The van der Waals surface area contributed by atoms with Gasteiger partial charge in [-0.1, -0.05) is 41.6 Å². The highest BCUT2D eigenvalue weighted by Crippen LogP contribution is 2.35. The number of likely N-dealkylation sites (tertiary alicyclic amines) is 1. The molecule has 3 nitrogen and oxygen atoms in total. The van der Waals surface area contributed by atoms with Gasteiger partial charge in [0.2, 0.25) is 0 Å². The number of hydrogen-bond acceptors (Lipinski definition) is 5. The van der Waals surface area contributed by atoms with Crippen molar-refractivity contribution in [1.29, 1.82) is 0 Å². The van der Waals surface area contributed by atoms with Crippen LogP contribution in [0.15, 0.2) is 39.6 Å². The number of thiazole rings is 1. The number of aliphatic hydroxyl groups excluding tert-OH is 1. The Balaban J connectivity index is 1.68. The van der Waals surface area contributed by atoms with Gasteiger partial charge < -0.3 is 5.11 Å². The number of hydrogen-bond donors (Lipinski definition) is 1. The summed E-state index contributed by atoms with van der Waals surface area (Å²) in [5.41, 5.74) is 0. The number of nitrogens with zero attached hydrogens (tertiary/aromatic N) is 2. The van der Waals surface area contributed by atoms with Gasteiger partial charge in [0.1, 0.15) is 5.15 Å². The maximum Gasteiger partial charge on any atom is 0.156 e. The van der Waals surface area contributed by atoms with Crippen LogP contribution < -0.4 is 0 Å². The third kappa shape index (κ3) is 3.54. The zero-order valence-corrected chi connectivity index (χ0v) is 13.2. The molecule has 106 valence electrons. The number of rotatable bonds is 4. The number of β-amino-alcohol motifs (C(OH)–C–C–N with tert-alkyl or cyclic N) is 1. The molecule has 0 bridgehead atoms. The van der Waals surface area contributed by atoms with Gasteiger partial charge in [-0.2, -0.15) is 0 Å². The molecule has 1 aromatic carbocycles. The fourth-order valence-electron chi connectivity index (χ4n) is 2.20. The number of aliphatic hydroxyl groups is 1. The van der Waals surface area contributed by atoms with Gasteiger partial charge in [0.15, 0.2) is 4.34 Å². The van der Waals surface area contributed by atoms with Crippen molar-refractivity contribution in [3.63, 3.8) is 0 Å². The molecule has 3 rings (SSSR count). The summed E-state index contributed by atoms with van der Waals surface area (Å²) in [6, 6.07) is 10.2. The van der Waals surface area contributed by atoms with E-state index in [1.54, 1.807) is 23.1 Å². The predicted octanol–water partition coefficient (Wildman–Crippen LogP) is 3.51. The third-order valence-corrected chi connectivity index (χ3v) is 5.73. The second kappa shape index (κ2) is 6.45. The lowest BCUT2D eigenvalue weighted by Crippen LogP contribution is -2.21. The fraction of sp³-hybridized carbons (Fsp3) is 0.357. The minimum absolute atomic E-state index is 0.195. The third-order valence-electron chi connectivity index (χ3n) is 3.19. The molecular weight excluding hydrogens is 312 g/mol. The van der Waals surface area contributed by atoms with E-state index in [-0.39, 0.29) is 6.10 Å². The summed E-state index contributed by atoms with van der Waals surface area (Å²) < 4.78 is 0.968. The summed E-state index contributed by atoms with van der Waals surface area (Å²) in [4.78, 5) is 8.90. The van der Waals surface area contributed by atoms with E-state index in [1.165, 1.54) is 4.90 Å². The molecule has 1 aliphatic rings. The summed E-state index contributed by atoms with van der Waals surface area (Å²) in [6.45, 7) is 2.44. The monoisotopic (exact) mass is 326 g/mol. The van der Waals surface area contributed by atoms with Crippen molar-refractivity contribution >= 4 is 34.7 Å². The largest absolute Gasteiger partial charge is 0.392 e. The molecule has 0 saturated carbocycles. The van der Waals surface area contributed by atoms with Crippen LogP contribution in [0.4, 0.5) is 0 Å². The first-order valence-electron chi connectivity index (χ1n) is 6.49. The van der Waals surface area contributed by atoms with Gasteiger partial charge in [-0.25, -0.2) is 4.98 Å². The van der Waals surface area contributed by atoms with E-state index < -0.39 is 0 Å². The van der Waals surface area contributed by atoms with Crippen molar-refractivity contribution in [2.24, 2.45) is 0 Å². The van der Waals surface area contributed by atoms with Gasteiger partial charge in [0.25, 0.3) is 0 Å². The molecule has 0 radical (unpaired) electrons. The summed E-state index contributed by atoms with van der Waals surface area (Å²) in [5.74, 6) is 0. The highest BCUT2D eigenvalue weighted by atomic mass is 35.5. The van der Waals surface area contributed by atoms with Crippen LogP contribution >= 0.6 is 34.7 Å². The molecule has 2 aromatic rings. The molecule has 1 saturated heterocycles. The number of halogens is 1. The molecule has 0 aliphatic carbocycles. The van der Waals surface area contributed by atoms with Crippen molar-refractivity contribution in [3.8, 4) is 0 Å². The first kappa shape index (κ1) is 14.4. The van der Waals surface area contributed by atoms with E-state index in [9.17, 15) is 5.11 Å². The van der Waals surface area contributed by atoms with E-state index in [0.717, 1.165) is 35.3 Å². The topological polar surface area (TPSA) is 36.4 Å². The van der Waals surface area contributed by atoms with Crippen molar-refractivity contribution in [3.05, 3.63) is 40.4 Å². The van der Waals surface area contributed by atoms with E-state index in [1.807, 2.05) is 18.2 Å². The van der Waals surface area contributed by atoms with Crippen LogP contribution in [0.2, 0.25) is 5.15 Å². The van der Waals surface area contributed by atoms with Gasteiger partial charge in [-0.15, -0.1) is 11.3 Å². The lowest BCUT2D eigenvalue weighted by molar-refractivity contribution is 0.175. The number of benzene rings is 1. The summed E-state index contributed by atoms with van der Waals surface area (Å²) in [6.07, 6.45) is 0.655. The summed E-state index contributed by atoms with van der Waals surface area (Å²) in [7, 11) is 0. The van der Waals surface area contributed by atoms with Gasteiger partial charge in [0.05, 0.1) is 11.0 Å². The van der Waals surface area contributed by atoms with E-state index in [4.69, 9.17) is 11.6 Å². The molecule has 0 unspecified atom stereocenters. The highest BCUT2D eigenvalue weighted by molar-refractivity contribution is 8.01. The van der Waals surface area contributed by atoms with Gasteiger partial charge in [-0.05, 0) is 18.6 Å². The molecule has 1 fully saturated rings. The predicted molar refractivity (Wildman–Crippen MR) is 83.6 cm³/mol. The van der Waals surface area contributed by atoms with Gasteiger partial charge >= 0.3 is 0 Å². The first-order valence-corrected chi connectivity index (χ1v) is 8.50. The maximum absolute atomic E-state index is 9.56. The van der Waals surface area contributed by atoms with Crippen LogP contribution in [0.1, 0.15) is 11.3 Å². The molecule has 1 atom stereocenters. The zero-order valence-electron chi connectivity index (χ0n) is 10.8. The Kier molecular flexibility index (Phi) is 4.63. The van der Waals surface area contributed by atoms with E-state index in [0.29, 0.717) is 5.15 Å². The smallest absolute Gasteiger partial charge is 0.156 e. The van der Waals surface area contributed by atoms with Crippen molar-refractivity contribution < 1.29 is 5.11 Å². The van der Waals surface area contributed by atoms with Gasteiger partial charge in [0, 0.05) is 24.5 Å². The molecule has 1 aromatic heterocycles. The Morgan fingerprint density at radius 2 is 2.20 bits per heavy atom. The Morgan fingerprint density at radius 1 is 1.40 bits per heavy atom. The quantitative estimate of drug-likeness (QED) is 0.932. The van der Waals surface area contributed by atoms with Crippen molar-refractivity contribution in [2.45, 2.75) is 28.3 Å². The molecule has 0 spiro atoms. The SMILES string of the molecule is O[C@@H]1CCN(Cc2sc(Sc3ccccc3)nc2Cl)C1. The van der Waals surface area contributed by atoms with Crippen LogP contribution in [0, 0.1) is 0 Å².